The van der Waals surface area contributed by atoms with Gasteiger partial charge in [0.25, 0.3) is 0 Å². The maximum atomic E-state index is 3.44. The molecule has 0 spiro atoms. The van der Waals surface area contributed by atoms with Crippen molar-refractivity contribution in [2.24, 2.45) is 0 Å². The standard InChI is InChI=1S/C8H12.2C4H7.Ru/c1-2-4-6-8-7-5-3-1;2*1-4(2)3;/h1-2,7-8H,3-6H2;2*1-2H2,3H3;/q;;;+3. The van der Waals surface area contributed by atoms with Crippen molar-refractivity contribution in [3.05, 3.63) is 65.2 Å². The third-order valence-corrected chi connectivity index (χ3v) is 1.33. The van der Waals surface area contributed by atoms with Crippen LogP contribution in [0.3, 0.4) is 0 Å². The molecule has 0 bridgehead atoms. The number of rotatable bonds is 0. The Morgan fingerprint density at radius 1 is 0.647 bits per heavy atom. The second-order valence-electron chi connectivity index (χ2n) is 4.01. The first-order valence-electron chi connectivity index (χ1n) is 5.71. The molecule has 0 N–H and O–H groups in total. The van der Waals surface area contributed by atoms with Crippen LogP contribution < -0.4 is 0 Å². The fourth-order valence-corrected chi connectivity index (χ4v) is 0.856. The van der Waals surface area contributed by atoms with Crippen molar-refractivity contribution in [3.63, 3.8) is 0 Å². The van der Waals surface area contributed by atoms with Crippen LogP contribution in [0.2, 0.25) is 0 Å². The SMILES string of the molecule is [CH2][C]([CH2])C.[CH2][C]([CH2])C.[CH]1[CH]CC[CH][CH]CC1.[Ru+3]. The quantitative estimate of drug-likeness (QED) is 0.559. The van der Waals surface area contributed by atoms with Crippen LogP contribution in [0.15, 0.2) is 0 Å². The topological polar surface area (TPSA) is 0 Å². The summed E-state index contributed by atoms with van der Waals surface area (Å²) in [6, 6.07) is 0. The zero-order valence-corrected chi connectivity index (χ0v) is 13.1. The normalized spacial score (nSPS) is 15.5. The molecule has 0 atom stereocenters. The summed E-state index contributed by atoms with van der Waals surface area (Å²) in [5.41, 5.74) is 0. The summed E-state index contributed by atoms with van der Waals surface area (Å²) in [6.07, 6.45) is 14.0. The van der Waals surface area contributed by atoms with Crippen molar-refractivity contribution >= 4 is 0 Å². The van der Waals surface area contributed by atoms with E-state index in [0.717, 1.165) is 11.8 Å². The van der Waals surface area contributed by atoms with E-state index in [9.17, 15) is 0 Å². The first kappa shape index (κ1) is 22.8. The summed E-state index contributed by atoms with van der Waals surface area (Å²) >= 11 is 0. The van der Waals surface area contributed by atoms with Crippen molar-refractivity contribution in [3.8, 4) is 0 Å². The third-order valence-electron chi connectivity index (χ3n) is 1.33. The average Bonchev–Trinajstić information content (AvgIpc) is 1.98. The summed E-state index contributed by atoms with van der Waals surface area (Å²) in [7, 11) is 0. The molecule has 0 nitrogen and oxygen atoms in total. The van der Waals surface area contributed by atoms with E-state index in [1.54, 1.807) is 0 Å². The molecule has 11 radical (unpaired) electrons. The molecule has 1 aliphatic carbocycles. The molecule has 0 saturated heterocycles. The van der Waals surface area contributed by atoms with Gasteiger partial charge in [0.2, 0.25) is 0 Å². The van der Waals surface area contributed by atoms with Gasteiger partial charge in [-0.1, -0.05) is 13.8 Å². The second kappa shape index (κ2) is 19.0. The minimum absolute atomic E-state index is 0. The molecule has 0 aliphatic heterocycles. The van der Waals surface area contributed by atoms with Crippen LogP contribution >= 0.6 is 0 Å². The van der Waals surface area contributed by atoms with E-state index in [4.69, 9.17) is 0 Å². The molecule has 17 heavy (non-hydrogen) atoms. The molecule has 0 heterocycles. The predicted octanol–water partition coefficient (Wildman–Crippen LogP) is 4.87. The maximum Gasteiger partial charge on any atom is 3.00 e. The fraction of sp³-hybridized carbons (Fsp3) is 0.375. The van der Waals surface area contributed by atoms with E-state index in [1.165, 1.54) is 25.7 Å². The molecule has 1 rings (SSSR count). The van der Waals surface area contributed by atoms with Gasteiger partial charge in [0.1, 0.15) is 0 Å². The minimum Gasteiger partial charge on any atom is -0.0591 e. The molecular formula is C16H26Ru+3. The van der Waals surface area contributed by atoms with Crippen LogP contribution in [0.1, 0.15) is 39.5 Å². The summed E-state index contributed by atoms with van der Waals surface area (Å²) in [5.74, 6) is 1.83. The van der Waals surface area contributed by atoms with Crippen molar-refractivity contribution in [1.29, 1.82) is 0 Å². The zero-order valence-electron chi connectivity index (χ0n) is 11.3. The molecule has 1 saturated carbocycles. The smallest absolute Gasteiger partial charge is 0.0591 e. The van der Waals surface area contributed by atoms with Gasteiger partial charge in [-0.25, -0.2) is 0 Å². The Labute approximate surface area is 124 Å². The van der Waals surface area contributed by atoms with Crippen LogP contribution in [0.5, 0.6) is 0 Å². The first-order chi connectivity index (χ1) is 7.46. The summed E-state index contributed by atoms with van der Waals surface area (Å²) < 4.78 is 0. The van der Waals surface area contributed by atoms with Gasteiger partial charge in [0.05, 0.1) is 0 Å². The molecule has 1 heteroatoms. The molecule has 0 aromatic rings. The zero-order chi connectivity index (χ0) is 12.8. The van der Waals surface area contributed by atoms with E-state index in [-0.39, 0.29) is 19.5 Å². The molecule has 1 aliphatic rings. The van der Waals surface area contributed by atoms with Gasteiger partial charge in [-0.15, -0.1) is 0 Å². The first-order valence-corrected chi connectivity index (χ1v) is 5.71. The molecule has 1 fully saturated rings. The minimum atomic E-state index is 0. The number of hydrogen-bond acceptors (Lipinski definition) is 0. The Bertz CT molecular complexity index is 72.6. The van der Waals surface area contributed by atoms with E-state index in [2.05, 4.69) is 53.4 Å². The van der Waals surface area contributed by atoms with E-state index < -0.39 is 0 Å². The largest absolute Gasteiger partial charge is 3.00 e. The van der Waals surface area contributed by atoms with Gasteiger partial charge in [0, 0.05) is 0 Å². The Balaban J connectivity index is -0.000000189. The van der Waals surface area contributed by atoms with Crippen LogP contribution in [0.25, 0.3) is 0 Å². The molecular weight excluding hydrogens is 293 g/mol. The Hall–Kier alpha value is 0.623. The number of hydrogen-bond donors (Lipinski definition) is 0. The Morgan fingerprint density at radius 3 is 0.882 bits per heavy atom. The molecule has 0 aromatic heterocycles. The van der Waals surface area contributed by atoms with E-state index in [0.29, 0.717) is 0 Å². The van der Waals surface area contributed by atoms with Crippen LogP contribution in [0, 0.1) is 65.2 Å². The summed E-state index contributed by atoms with van der Waals surface area (Å²) in [5, 5.41) is 0. The van der Waals surface area contributed by atoms with Crippen LogP contribution in [-0.2, 0) is 19.5 Å². The molecule has 0 amide bonds. The van der Waals surface area contributed by atoms with Gasteiger partial charge in [-0.05, 0) is 90.9 Å². The predicted molar refractivity (Wildman–Crippen MR) is 74.9 cm³/mol. The van der Waals surface area contributed by atoms with Crippen LogP contribution in [0.4, 0.5) is 0 Å². The third kappa shape index (κ3) is 47.8. The van der Waals surface area contributed by atoms with E-state index in [1.807, 2.05) is 13.8 Å². The molecule has 95 valence electrons. The van der Waals surface area contributed by atoms with E-state index >= 15 is 0 Å². The van der Waals surface area contributed by atoms with Crippen LogP contribution in [-0.4, -0.2) is 0 Å². The molecule has 0 unspecified atom stereocenters. The van der Waals surface area contributed by atoms with Gasteiger partial charge in [-0.2, -0.15) is 0 Å². The Kier molecular flexibility index (Phi) is 25.4. The van der Waals surface area contributed by atoms with Gasteiger partial charge in [0.15, 0.2) is 0 Å². The van der Waals surface area contributed by atoms with Crippen molar-refractivity contribution in [1.82, 2.24) is 0 Å². The molecule has 0 aromatic carbocycles. The monoisotopic (exact) mass is 320 g/mol. The van der Waals surface area contributed by atoms with Crippen molar-refractivity contribution < 1.29 is 19.5 Å². The van der Waals surface area contributed by atoms with Crippen molar-refractivity contribution in [2.75, 3.05) is 0 Å². The Morgan fingerprint density at radius 2 is 0.765 bits per heavy atom. The van der Waals surface area contributed by atoms with Gasteiger partial charge in [-0.3, -0.25) is 0 Å². The second-order valence-corrected chi connectivity index (χ2v) is 4.01. The maximum absolute atomic E-state index is 3.44. The van der Waals surface area contributed by atoms with Gasteiger partial charge < -0.3 is 0 Å². The fourth-order valence-electron chi connectivity index (χ4n) is 0.856. The summed E-state index contributed by atoms with van der Waals surface area (Å²) in [4.78, 5) is 0. The van der Waals surface area contributed by atoms with Gasteiger partial charge >= 0.3 is 19.5 Å². The van der Waals surface area contributed by atoms with Crippen molar-refractivity contribution in [2.45, 2.75) is 39.5 Å². The average molecular weight is 319 g/mol. The summed E-state index contributed by atoms with van der Waals surface area (Å²) in [6.45, 7) is 17.5.